The summed E-state index contributed by atoms with van der Waals surface area (Å²) in [5.74, 6) is 2.33. The molecule has 2 rings (SSSR count). The van der Waals surface area contributed by atoms with E-state index in [-0.39, 0.29) is 24.0 Å². The molecule has 1 heterocycles. The van der Waals surface area contributed by atoms with E-state index in [1.54, 1.807) is 7.11 Å². The molecule has 21 heavy (non-hydrogen) atoms. The van der Waals surface area contributed by atoms with Crippen molar-refractivity contribution in [1.82, 2.24) is 4.90 Å². The monoisotopic (exact) mass is 403 g/mol. The minimum Gasteiger partial charge on any atom is -0.496 e. The van der Waals surface area contributed by atoms with Crippen LogP contribution in [0.25, 0.3) is 0 Å². The van der Waals surface area contributed by atoms with Crippen LogP contribution in [0.5, 0.6) is 5.75 Å². The van der Waals surface area contributed by atoms with Crippen molar-refractivity contribution in [2.24, 2.45) is 16.6 Å². The minimum atomic E-state index is 0. The number of likely N-dealkylation sites (tertiary alicyclic amines) is 1. The number of ether oxygens (including phenoxy) is 1. The zero-order valence-corrected chi connectivity index (χ0v) is 15.2. The Hall–Kier alpha value is -0.980. The van der Waals surface area contributed by atoms with Crippen molar-refractivity contribution in [2.75, 3.05) is 26.7 Å². The van der Waals surface area contributed by atoms with Gasteiger partial charge in [-0.3, -0.25) is 4.99 Å². The third-order valence-electron chi connectivity index (χ3n) is 3.83. The molecule has 1 saturated heterocycles. The van der Waals surface area contributed by atoms with Crippen LogP contribution in [-0.2, 0) is 6.42 Å². The van der Waals surface area contributed by atoms with Crippen molar-refractivity contribution in [1.29, 1.82) is 0 Å². The van der Waals surface area contributed by atoms with Gasteiger partial charge in [-0.1, -0.05) is 25.1 Å². The Morgan fingerprint density at radius 1 is 1.43 bits per heavy atom. The zero-order chi connectivity index (χ0) is 14.4. The van der Waals surface area contributed by atoms with Crippen molar-refractivity contribution in [3.8, 4) is 5.75 Å². The van der Waals surface area contributed by atoms with Gasteiger partial charge in [-0.25, -0.2) is 0 Å². The Kier molecular flexibility index (Phi) is 7.85. The smallest absolute Gasteiger partial charge is 0.191 e. The molecule has 1 aromatic carbocycles. The summed E-state index contributed by atoms with van der Waals surface area (Å²) in [5, 5.41) is 0. The van der Waals surface area contributed by atoms with Crippen LogP contribution in [0.4, 0.5) is 0 Å². The van der Waals surface area contributed by atoms with Crippen molar-refractivity contribution >= 4 is 29.9 Å². The van der Waals surface area contributed by atoms with Gasteiger partial charge in [-0.05, 0) is 36.8 Å². The largest absolute Gasteiger partial charge is 0.496 e. The third kappa shape index (κ3) is 5.37. The maximum Gasteiger partial charge on any atom is 0.191 e. The van der Waals surface area contributed by atoms with E-state index in [0.717, 1.165) is 25.3 Å². The fourth-order valence-corrected chi connectivity index (χ4v) is 2.70. The van der Waals surface area contributed by atoms with Crippen LogP contribution in [0, 0.1) is 5.92 Å². The maximum atomic E-state index is 6.09. The van der Waals surface area contributed by atoms with Crippen molar-refractivity contribution < 1.29 is 4.74 Å². The topological polar surface area (TPSA) is 50.9 Å². The molecule has 0 saturated carbocycles. The summed E-state index contributed by atoms with van der Waals surface area (Å²) in [6, 6.07) is 8.06. The number of methoxy groups -OCH3 is 1. The first-order valence-corrected chi connectivity index (χ1v) is 7.37. The van der Waals surface area contributed by atoms with Gasteiger partial charge in [-0.15, -0.1) is 24.0 Å². The number of hydrogen-bond donors (Lipinski definition) is 1. The van der Waals surface area contributed by atoms with Crippen molar-refractivity contribution in [2.45, 2.75) is 26.2 Å². The van der Waals surface area contributed by atoms with E-state index in [9.17, 15) is 0 Å². The highest BCUT2D eigenvalue weighted by Crippen LogP contribution is 2.18. The number of guanidine groups is 1. The van der Waals surface area contributed by atoms with Crippen LogP contribution >= 0.6 is 24.0 Å². The summed E-state index contributed by atoms with van der Waals surface area (Å²) in [7, 11) is 1.70. The lowest BCUT2D eigenvalue weighted by Crippen LogP contribution is -2.43. The summed E-state index contributed by atoms with van der Waals surface area (Å²) in [5.41, 5.74) is 7.27. The Bertz CT molecular complexity index is 465. The lowest BCUT2D eigenvalue weighted by molar-refractivity contribution is 0.270. The second-order valence-electron chi connectivity index (χ2n) is 5.50. The van der Waals surface area contributed by atoms with Gasteiger partial charge in [0.2, 0.25) is 0 Å². The fraction of sp³-hybridized carbons (Fsp3) is 0.562. The highest BCUT2D eigenvalue weighted by molar-refractivity contribution is 14.0. The highest BCUT2D eigenvalue weighted by Gasteiger charge is 2.17. The van der Waals surface area contributed by atoms with E-state index < -0.39 is 0 Å². The van der Waals surface area contributed by atoms with Crippen LogP contribution in [0.15, 0.2) is 29.3 Å². The quantitative estimate of drug-likeness (QED) is 0.478. The first-order chi connectivity index (χ1) is 9.70. The molecule has 0 aromatic heterocycles. The molecule has 118 valence electrons. The highest BCUT2D eigenvalue weighted by atomic mass is 127. The summed E-state index contributed by atoms with van der Waals surface area (Å²) in [4.78, 5) is 6.72. The number of piperidine rings is 1. The predicted molar refractivity (Wildman–Crippen MR) is 98.6 cm³/mol. The maximum absolute atomic E-state index is 6.09. The molecule has 1 aromatic rings. The molecule has 1 fully saturated rings. The number of nitrogens with zero attached hydrogens (tertiary/aromatic N) is 2. The van der Waals surface area contributed by atoms with E-state index in [4.69, 9.17) is 10.5 Å². The summed E-state index contributed by atoms with van der Waals surface area (Å²) in [6.07, 6.45) is 3.36. The van der Waals surface area contributed by atoms with Crippen LogP contribution in [0.3, 0.4) is 0 Å². The number of nitrogens with two attached hydrogens (primary N) is 1. The van der Waals surface area contributed by atoms with E-state index in [1.165, 1.54) is 18.4 Å². The molecule has 0 aliphatic carbocycles. The Morgan fingerprint density at radius 3 is 2.90 bits per heavy atom. The number of hydrogen-bond acceptors (Lipinski definition) is 2. The van der Waals surface area contributed by atoms with Crippen LogP contribution in [-0.4, -0.2) is 37.6 Å². The van der Waals surface area contributed by atoms with Crippen LogP contribution in [0.1, 0.15) is 25.3 Å². The number of para-hydroxylation sites is 1. The first kappa shape index (κ1) is 18.1. The number of rotatable bonds is 4. The van der Waals surface area contributed by atoms with Gasteiger partial charge in [0.15, 0.2) is 5.96 Å². The minimum absolute atomic E-state index is 0. The van der Waals surface area contributed by atoms with Gasteiger partial charge in [0, 0.05) is 19.6 Å². The average Bonchev–Trinajstić information content (AvgIpc) is 2.47. The Labute approximate surface area is 144 Å². The lowest BCUT2D eigenvalue weighted by Gasteiger charge is -2.31. The summed E-state index contributed by atoms with van der Waals surface area (Å²) < 4.78 is 5.34. The lowest BCUT2D eigenvalue weighted by atomic mass is 10.0. The Morgan fingerprint density at radius 2 is 2.19 bits per heavy atom. The van der Waals surface area contributed by atoms with Crippen LogP contribution < -0.4 is 10.5 Å². The van der Waals surface area contributed by atoms with Crippen LogP contribution in [0.2, 0.25) is 0 Å². The van der Waals surface area contributed by atoms with Crippen molar-refractivity contribution in [3.05, 3.63) is 29.8 Å². The molecule has 0 amide bonds. The SMILES string of the molecule is COc1ccccc1CCN=C(N)N1CCCC(C)C1.I. The first-order valence-electron chi connectivity index (χ1n) is 7.37. The molecule has 0 radical (unpaired) electrons. The van der Waals surface area contributed by atoms with E-state index in [1.807, 2.05) is 18.2 Å². The van der Waals surface area contributed by atoms with Gasteiger partial charge in [0.1, 0.15) is 5.75 Å². The normalized spacial score (nSPS) is 19.0. The second kappa shape index (κ2) is 9.12. The van der Waals surface area contributed by atoms with Gasteiger partial charge in [0.25, 0.3) is 0 Å². The molecular weight excluding hydrogens is 377 g/mol. The second-order valence-corrected chi connectivity index (χ2v) is 5.50. The average molecular weight is 403 g/mol. The molecule has 1 aliphatic rings. The molecular formula is C16H26IN3O. The van der Waals surface area contributed by atoms with Gasteiger partial charge < -0.3 is 15.4 Å². The molecule has 0 bridgehead atoms. The number of halogens is 1. The molecule has 5 heteroatoms. The van der Waals surface area contributed by atoms with Crippen molar-refractivity contribution in [3.63, 3.8) is 0 Å². The molecule has 0 spiro atoms. The standard InChI is InChI=1S/C16H25N3O.HI/c1-13-6-5-11-19(12-13)16(17)18-10-9-14-7-3-4-8-15(14)20-2;/h3-4,7-8,13H,5-6,9-12H2,1-2H3,(H2,17,18);1H. The zero-order valence-electron chi connectivity index (χ0n) is 12.9. The summed E-state index contributed by atoms with van der Waals surface area (Å²) in [6.45, 7) is 5.05. The number of benzene rings is 1. The van der Waals surface area contributed by atoms with Gasteiger partial charge >= 0.3 is 0 Å². The Balaban J connectivity index is 0.00000220. The third-order valence-corrected chi connectivity index (χ3v) is 3.83. The van der Waals surface area contributed by atoms with Gasteiger partial charge in [-0.2, -0.15) is 0 Å². The van der Waals surface area contributed by atoms with E-state index in [0.29, 0.717) is 18.4 Å². The van der Waals surface area contributed by atoms with E-state index >= 15 is 0 Å². The van der Waals surface area contributed by atoms with E-state index in [2.05, 4.69) is 22.9 Å². The summed E-state index contributed by atoms with van der Waals surface area (Å²) >= 11 is 0. The molecule has 1 unspecified atom stereocenters. The van der Waals surface area contributed by atoms with Gasteiger partial charge in [0.05, 0.1) is 7.11 Å². The fourth-order valence-electron chi connectivity index (χ4n) is 2.70. The number of aliphatic imine (C=N–C) groups is 1. The molecule has 4 nitrogen and oxygen atoms in total. The molecule has 1 aliphatic heterocycles. The molecule has 1 atom stereocenters. The molecule has 2 N–H and O–H groups in total. The predicted octanol–water partition coefficient (Wildman–Crippen LogP) is 2.90.